The summed E-state index contributed by atoms with van der Waals surface area (Å²) in [6.07, 6.45) is 6.78. The van der Waals surface area contributed by atoms with E-state index in [1.54, 1.807) is 80.7 Å². The number of halogens is 2. The fourth-order valence-electron chi connectivity index (χ4n) is 12.3. The molecule has 2 N–H and O–H groups in total. The highest BCUT2D eigenvalue weighted by Gasteiger charge is 2.44. The van der Waals surface area contributed by atoms with Crippen molar-refractivity contribution in [3.8, 4) is 5.75 Å². The molecule has 0 bridgehead atoms. The molecule has 3 saturated heterocycles. The smallest absolute Gasteiger partial charge is 0.410 e. The maximum absolute atomic E-state index is 14.7. The molecule has 89 heavy (non-hydrogen) atoms. The SMILES string of the molecule is C[C@@H]1CN(C(=O)c2cnc(N3CCN(CCOc4cc5nccc(Nc6n[nH]c7ccc(F)cc67)c5cc4S(=O)(=O)C(C)(C)C)CC3)nc2)CCN1C[C@H]1CN(C(=O)OC(C)(C)C)[C@@H](C)CN1CC(=O)N1CC(C)(C)c2ncc(Cc3ccc(F)cc3)cc21. The Bertz CT molecular complexity index is 3890. The molecule has 0 unspecified atom stereocenters. The van der Waals surface area contributed by atoms with Crippen LogP contribution >= 0.6 is 0 Å². The largest absolute Gasteiger partial charge is 0.491 e. The van der Waals surface area contributed by atoms with Gasteiger partial charge in [0.2, 0.25) is 11.9 Å². The monoisotopic (exact) mass is 1240 g/mol. The molecule has 0 aliphatic carbocycles. The molecular weight excluding hydrogens is 1160 g/mol. The second kappa shape index (κ2) is 24.8. The van der Waals surface area contributed by atoms with Gasteiger partial charge < -0.3 is 34.4 Å². The van der Waals surface area contributed by atoms with Crippen LogP contribution in [0.3, 0.4) is 0 Å². The number of rotatable bonds is 15. The van der Waals surface area contributed by atoms with Crippen molar-refractivity contribution in [2.45, 2.75) is 114 Å². The molecule has 0 spiro atoms. The van der Waals surface area contributed by atoms with E-state index in [4.69, 9.17) is 14.5 Å². The summed E-state index contributed by atoms with van der Waals surface area (Å²) in [6.45, 7) is 25.5. The Kier molecular flexibility index (Phi) is 17.5. The first-order valence-electron chi connectivity index (χ1n) is 30.5. The van der Waals surface area contributed by atoms with Crippen LogP contribution in [0.5, 0.6) is 5.75 Å². The molecule has 3 fully saturated rings. The summed E-state index contributed by atoms with van der Waals surface area (Å²) in [4.78, 5) is 75.6. The van der Waals surface area contributed by atoms with Gasteiger partial charge in [0.15, 0.2) is 15.7 Å². The molecule has 4 aliphatic heterocycles. The third-order valence-corrected chi connectivity index (χ3v) is 19.8. The van der Waals surface area contributed by atoms with Crippen molar-refractivity contribution in [1.29, 1.82) is 0 Å². The van der Waals surface area contributed by atoms with E-state index in [2.05, 4.69) is 70.8 Å². The lowest BCUT2D eigenvalue weighted by atomic mass is 9.91. The summed E-state index contributed by atoms with van der Waals surface area (Å²) < 4.78 is 67.4. The minimum atomic E-state index is -3.91. The number of nitrogens with one attached hydrogen (secondary N) is 2. The minimum Gasteiger partial charge on any atom is -0.491 e. The Morgan fingerprint density at radius 3 is 2.21 bits per heavy atom. The number of carbonyl (C=O) groups excluding carboxylic acids is 3. The Hall–Kier alpha value is -7.93. The molecule has 3 amide bonds. The van der Waals surface area contributed by atoms with Gasteiger partial charge in [-0.05, 0) is 121 Å². The third-order valence-electron chi connectivity index (χ3n) is 17.3. The molecule has 0 radical (unpaired) electrons. The number of ether oxygens (including phenoxy) is 2. The Balaban J connectivity index is 0.696. The van der Waals surface area contributed by atoms with Crippen molar-refractivity contribution in [3.05, 3.63) is 126 Å². The number of benzene rings is 3. The summed E-state index contributed by atoms with van der Waals surface area (Å²) in [5, 5.41) is 11.6. The van der Waals surface area contributed by atoms with Crippen molar-refractivity contribution in [2.75, 3.05) is 107 Å². The second-order valence-electron chi connectivity index (χ2n) is 26.7. The molecule has 24 heteroatoms. The van der Waals surface area contributed by atoms with Gasteiger partial charge in [-0.2, -0.15) is 5.10 Å². The molecule has 0 saturated carbocycles. The van der Waals surface area contributed by atoms with Crippen molar-refractivity contribution in [3.63, 3.8) is 0 Å². The van der Waals surface area contributed by atoms with Gasteiger partial charge in [-0.15, -0.1) is 0 Å². The van der Waals surface area contributed by atoms with E-state index >= 15 is 0 Å². The van der Waals surface area contributed by atoms with E-state index in [1.165, 1.54) is 24.3 Å². The van der Waals surface area contributed by atoms with Crippen LogP contribution < -0.4 is 19.9 Å². The Morgan fingerprint density at radius 2 is 1.51 bits per heavy atom. The van der Waals surface area contributed by atoms with Crippen LogP contribution in [0.4, 0.5) is 36.7 Å². The van der Waals surface area contributed by atoms with Crippen LogP contribution in [0.25, 0.3) is 21.8 Å². The summed E-state index contributed by atoms with van der Waals surface area (Å²) in [7, 11) is -3.91. The van der Waals surface area contributed by atoms with Crippen LogP contribution in [-0.4, -0.2) is 201 Å². The molecular formula is C65H80F2N14O7S. The number of hydrogen-bond acceptors (Lipinski definition) is 17. The standard InChI is InChI=1S/C65H80F2N14O7S/c1-41-35-78(24-23-77(41)37-48-38-80(62(84)88-63(3,4)5)42(2)36-79(48)39-57(82)81-40-65(9,10)58-54(81)28-44(32-69-58)27-43-11-13-46(66)14-12-43)60(83)45-33-70-61(71-34-45)76-21-19-75(20-22-76)25-26-87-55-31-53-49(30-56(55)89(85,86)64(6,7)8)51(17-18-68-53)72-59-50-29-47(67)15-16-52(50)73-74-59/h11-18,28-34,41-42,48H,19-27,35-40H2,1-10H3,(H2,68,72,73,74)/t41-,42+,48+/m1/s1. The van der Waals surface area contributed by atoms with Gasteiger partial charge >= 0.3 is 6.09 Å². The number of anilines is 4. The molecule has 472 valence electrons. The van der Waals surface area contributed by atoms with Crippen LogP contribution in [-0.2, 0) is 31.2 Å². The minimum absolute atomic E-state index is 0.0361. The van der Waals surface area contributed by atoms with Crippen LogP contribution in [0.1, 0.15) is 96.4 Å². The predicted molar refractivity (Wildman–Crippen MR) is 338 cm³/mol. The number of pyridine rings is 2. The first-order chi connectivity index (χ1) is 42.2. The maximum Gasteiger partial charge on any atom is 0.410 e. The molecule has 3 aromatic carbocycles. The van der Waals surface area contributed by atoms with Gasteiger partial charge in [0.1, 0.15) is 34.5 Å². The van der Waals surface area contributed by atoms with Crippen LogP contribution in [0.15, 0.2) is 96.4 Å². The molecule has 11 rings (SSSR count). The van der Waals surface area contributed by atoms with Gasteiger partial charge in [-0.1, -0.05) is 26.0 Å². The van der Waals surface area contributed by atoms with Gasteiger partial charge in [-0.25, -0.2) is 32.0 Å². The lowest BCUT2D eigenvalue weighted by molar-refractivity contribution is -0.121. The maximum atomic E-state index is 14.7. The Morgan fingerprint density at radius 1 is 0.775 bits per heavy atom. The molecule has 4 aliphatic rings. The van der Waals surface area contributed by atoms with Gasteiger partial charge in [0, 0.05) is 144 Å². The average molecular weight is 1240 g/mol. The van der Waals surface area contributed by atoms with E-state index in [9.17, 15) is 31.6 Å². The number of amides is 3. The number of hydrogen-bond donors (Lipinski definition) is 2. The fraction of sp³-hybridized carbons (Fsp3) is 0.477. The zero-order chi connectivity index (χ0) is 63.3. The lowest BCUT2D eigenvalue weighted by Crippen LogP contribution is -2.65. The van der Waals surface area contributed by atoms with Crippen molar-refractivity contribution in [1.82, 2.24) is 54.6 Å². The van der Waals surface area contributed by atoms with E-state index in [0.29, 0.717) is 130 Å². The normalized spacial score (nSPS) is 19.7. The average Bonchev–Trinajstić information content (AvgIpc) is 1.78. The number of aromatic amines is 1. The number of aromatic nitrogens is 6. The zero-order valence-corrected chi connectivity index (χ0v) is 53.2. The highest BCUT2D eigenvalue weighted by molar-refractivity contribution is 7.92. The number of fused-ring (bicyclic) bond motifs is 3. The highest BCUT2D eigenvalue weighted by atomic mass is 32.2. The molecule has 7 aromatic rings. The first-order valence-corrected chi connectivity index (χ1v) is 32.0. The Labute approximate surface area is 518 Å². The topological polar surface area (TPSA) is 219 Å². The number of nitrogens with zero attached hydrogens (tertiary/aromatic N) is 12. The molecule has 4 aromatic heterocycles. The number of sulfone groups is 1. The quantitative estimate of drug-likeness (QED) is 0.0983. The molecule has 21 nitrogen and oxygen atoms in total. The summed E-state index contributed by atoms with van der Waals surface area (Å²) in [5.74, 6) is 0.170. The van der Waals surface area contributed by atoms with E-state index in [1.807, 2.05) is 49.8 Å². The highest BCUT2D eigenvalue weighted by Crippen LogP contribution is 2.41. The van der Waals surface area contributed by atoms with E-state index in [-0.39, 0.29) is 65.0 Å². The molecule has 3 atom stereocenters. The van der Waals surface area contributed by atoms with Gasteiger partial charge in [0.05, 0.1) is 45.0 Å². The fourth-order valence-corrected chi connectivity index (χ4v) is 13.6. The number of carbonyl (C=O) groups is 3. The molecule has 8 heterocycles. The summed E-state index contributed by atoms with van der Waals surface area (Å²) in [6, 6.07) is 17.2. The van der Waals surface area contributed by atoms with Crippen molar-refractivity contribution < 1.29 is 41.1 Å². The van der Waals surface area contributed by atoms with Crippen molar-refractivity contribution >= 4 is 72.7 Å². The van der Waals surface area contributed by atoms with Gasteiger partial charge in [-0.3, -0.25) is 39.4 Å². The summed E-state index contributed by atoms with van der Waals surface area (Å²) >= 11 is 0. The van der Waals surface area contributed by atoms with E-state index in [0.717, 1.165) is 22.5 Å². The third kappa shape index (κ3) is 13.7. The first kappa shape index (κ1) is 62.7. The van der Waals surface area contributed by atoms with Crippen LogP contribution in [0.2, 0.25) is 0 Å². The lowest BCUT2D eigenvalue weighted by Gasteiger charge is -2.48. The predicted octanol–water partition coefficient (Wildman–Crippen LogP) is 8.46. The summed E-state index contributed by atoms with van der Waals surface area (Å²) in [5.41, 5.74) is 4.50. The van der Waals surface area contributed by atoms with Crippen molar-refractivity contribution in [2.24, 2.45) is 0 Å². The van der Waals surface area contributed by atoms with E-state index < -0.39 is 32.1 Å². The second-order valence-corrected chi connectivity index (χ2v) is 29.3. The van der Waals surface area contributed by atoms with Gasteiger partial charge in [0.25, 0.3) is 5.91 Å². The number of piperazine rings is 3. The zero-order valence-electron chi connectivity index (χ0n) is 52.4. The number of H-pyrrole nitrogens is 1. The van der Waals surface area contributed by atoms with Crippen LogP contribution in [0, 0.1) is 11.6 Å².